The van der Waals surface area contributed by atoms with Crippen LogP contribution in [0.2, 0.25) is 0 Å². The van der Waals surface area contributed by atoms with E-state index in [1.54, 1.807) is 29.8 Å². The summed E-state index contributed by atoms with van der Waals surface area (Å²) in [5.74, 6) is 1.14. The average molecular weight is 500 g/mol. The molecule has 2 aromatic heterocycles. The second-order valence-electron chi connectivity index (χ2n) is 9.34. The fourth-order valence-electron chi connectivity index (χ4n) is 4.40. The molecule has 190 valence electrons. The smallest absolute Gasteiger partial charge is 0.416 e. The van der Waals surface area contributed by atoms with Crippen molar-refractivity contribution >= 4 is 22.9 Å². The molecule has 0 aliphatic heterocycles. The standard InChI is InChI=1S/C27H28F3N3O3/c1-5-26(17(2)3,15-23(34)35)14-18(4)32-25(36)21-10-12-31-22-11-13-33(24(21)22)16-19-6-8-20(9-7-19)27(28,29)30/h1,6-13,17-18H,14-16H2,2-4H3,(H,32,36)(H,34,35)/t18?,26-/m1/s1. The third kappa shape index (κ3) is 5.88. The van der Waals surface area contributed by atoms with Crippen LogP contribution in [0.1, 0.15) is 55.1 Å². The number of halogens is 3. The average Bonchev–Trinajstić information content (AvgIpc) is 3.20. The number of amides is 1. The summed E-state index contributed by atoms with van der Waals surface area (Å²) in [6.07, 6.45) is 4.62. The van der Waals surface area contributed by atoms with Crippen LogP contribution in [0.15, 0.2) is 48.8 Å². The van der Waals surface area contributed by atoms with E-state index < -0.39 is 29.2 Å². The summed E-state index contributed by atoms with van der Waals surface area (Å²) >= 11 is 0. The van der Waals surface area contributed by atoms with Gasteiger partial charge in [0.2, 0.25) is 0 Å². The van der Waals surface area contributed by atoms with Crippen LogP contribution in [0.5, 0.6) is 0 Å². The number of carbonyl (C=O) groups excluding carboxylic acids is 1. The number of hydrogen-bond acceptors (Lipinski definition) is 3. The molecule has 0 fully saturated rings. The van der Waals surface area contributed by atoms with Crippen molar-refractivity contribution in [2.75, 3.05) is 0 Å². The number of benzene rings is 1. The number of rotatable bonds is 9. The molecule has 0 radical (unpaired) electrons. The maximum absolute atomic E-state index is 13.2. The lowest BCUT2D eigenvalue weighted by Gasteiger charge is -2.34. The Balaban J connectivity index is 1.84. The second-order valence-corrected chi connectivity index (χ2v) is 9.34. The summed E-state index contributed by atoms with van der Waals surface area (Å²) in [6.45, 7) is 5.74. The summed E-state index contributed by atoms with van der Waals surface area (Å²) in [5, 5.41) is 12.3. The van der Waals surface area contributed by atoms with E-state index in [0.717, 1.165) is 12.1 Å². The summed E-state index contributed by atoms with van der Waals surface area (Å²) in [7, 11) is 0. The molecule has 1 aromatic carbocycles. The fourth-order valence-corrected chi connectivity index (χ4v) is 4.40. The molecule has 2 N–H and O–H groups in total. The highest BCUT2D eigenvalue weighted by Gasteiger charge is 2.36. The minimum absolute atomic E-state index is 0.119. The molecule has 6 nitrogen and oxygen atoms in total. The topological polar surface area (TPSA) is 84.2 Å². The number of hydrogen-bond donors (Lipinski definition) is 2. The third-order valence-corrected chi connectivity index (χ3v) is 6.44. The predicted molar refractivity (Wildman–Crippen MR) is 130 cm³/mol. The molecule has 0 bridgehead atoms. The van der Waals surface area contributed by atoms with Crippen LogP contribution in [0.3, 0.4) is 0 Å². The number of nitrogens with zero attached hydrogens (tertiary/aromatic N) is 2. The minimum Gasteiger partial charge on any atom is -0.481 e. The summed E-state index contributed by atoms with van der Waals surface area (Å²) in [6, 6.07) is 7.74. The highest BCUT2D eigenvalue weighted by molar-refractivity contribution is 6.05. The van der Waals surface area contributed by atoms with E-state index >= 15 is 0 Å². The largest absolute Gasteiger partial charge is 0.481 e. The first kappa shape index (κ1) is 26.8. The lowest BCUT2D eigenvalue weighted by molar-refractivity contribution is -0.140. The molecule has 3 rings (SSSR count). The van der Waals surface area contributed by atoms with Gasteiger partial charge in [-0.2, -0.15) is 13.2 Å². The first-order valence-corrected chi connectivity index (χ1v) is 11.5. The zero-order valence-electron chi connectivity index (χ0n) is 20.3. The van der Waals surface area contributed by atoms with Crippen molar-refractivity contribution in [2.24, 2.45) is 11.3 Å². The Labute approximate surface area is 207 Å². The van der Waals surface area contributed by atoms with Gasteiger partial charge < -0.3 is 15.0 Å². The van der Waals surface area contributed by atoms with E-state index in [1.807, 2.05) is 13.8 Å². The van der Waals surface area contributed by atoms with Crippen molar-refractivity contribution in [2.45, 2.75) is 52.4 Å². The number of aliphatic carboxylic acids is 1. The van der Waals surface area contributed by atoms with Gasteiger partial charge in [-0.1, -0.05) is 31.9 Å². The second kappa shape index (κ2) is 10.4. The van der Waals surface area contributed by atoms with Crippen LogP contribution in [-0.2, 0) is 17.5 Å². The molecule has 2 atom stereocenters. The van der Waals surface area contributed by atoms with Crippen LogP contribution in [-0.4, -0.2) is 32.6 Å². The van der Waals surface area contributed by atoms with Crippen molar-refractivity contribution in [1.29, 1.82) is 0 Å². The summed E-state index contributed by atoms with van der Waals surface area (Å²) in [4.78, 5) is 29.0. The van der Waals surface area contributed by atoms with Gasteiger partial charge in [0.15, 0.2) is 0 Å². The van der Waals surface area contributed by atoms with Crippen LogP contribution < -0.4 is 5.32 Å². The van der Waals surface area contributed by atoms with E-state index in [9.17, 15) is 27.9 Å². The quantitative estimate of drug-likeness (QED) is 0.388. The van der Waals surface area contributed by atoms with Crippen molar-refractivity contribution < 1.29 is 27.9 Å². The zero-order chi connectivity index (χ0) is 26.7. The molecule has 0 saturated carbocycles. The molecule has 9 heteroatoms. The number of carboxylic acid groups (broad SMARTS) is 1. The van der Waals surface area contributed by atoms with Gasteiger partial charge in [0.1, 0.15) is 0 Å². The molecular formula is C27H28F3N3O3. The Kier molecular flexibility index (Phi) is 7.77. The molecule has 0 spiro atoms. The predicted octanol–water partition coefficient (Wildman–Crippen LogP) is 5.36. The third-order valence-electron chi connectivity index (χ3n) is 6.44. The molecule has 0 aliphatic rings. The maximum Gasteiger partial charge on any atom is 0.416 e. The van der Waals surface area contributed by atoms with Crippen molar-refractivity contribution in [1.82, 2.24) is 14.9 Å². The van der Waals surface area contributed by atoms with Crippen molar-refractivity contribution in [3.63, 3.8) is 0 Å². The van der Waals surface area contributed by atoms with Gasteiger partial charge in [-0.3, -0.25) is 14.6 Å². The Morgan fingerprint density at radius 2 is 1.81 bits per heavy atom. The van der Waals surface area contributed by atoms with Crippen LogP contribution in [0.4, 0.5) is 13.2 Å². The molecule has 0 aliphatic carbocycles. The molecular weight excluding hydrogens is 471 g/mol. The minimum atomic E-state index is -4.42. The van der Waals surface area contributed by atoms with Crippen LogP contribution in [0, 0.1) is 23.7 Å². The normalized spacial score (nSPS) is 14.3. The highest BCUT2D eigenvalue weighted by atomic mass is 19.4. The first-order chi connectivity index (χ1) is 16.9. The number of terminal acetylenes is 1. The van der Waals surface area contributed by atoms with Crippen molar-refractivity contribution in [3.8, 4) is 12.3 Å². The number of nitrogens with one attached hydrogen (secondary N) is 1. The molecule has 1 unspecified atom stereocenters. The SMILES string of the molecule is C#C[C@](CC(=O)O)(CC(C)NC(=O)c1ccnc2ccn(Cc3ccc(C(F)(F)F)cc3)c12)C(C)C. The van der Waals surface area contributed by atoms with Gasteiger partial charge in [-0.25, -0.2) is 0 Å². The Bertz CT molecular complexity index is 1290. The van der Waals surface area contributed by atoms with Gasteiger partial charge in [-0.15, -0.1) is 6.42 Å². The number of carbonyl (C=O) groups is 2. The fraction of sp³-hybridized carbons (Fsp3) is 0.370. The number of pyridine rings is 1. The number of aromatic nitrogens is 2. The molecule has 0 saturated heterocycles. The maximum atomic E-state index is 13.2. The number of alkyl halides is 3. The Morgan fingerprint density at radius 3 is 2.36 bits per heavy atom. The van der Waals surface area contributed by atoms with E-state index in [4.69, 9.17) is 6.42 Å². The van der Waals surface area contributed by atoms with E-state index in [1.165, 1.54) is 18.3 Å². The Hall–Kier alpha value is -3.80. The van der Waals surface area contributed by atoms with Gasteiger partial charge >= 0.3 is 12.1 Å². The molecule has 3 aromatic rings. The molecule has 1 amide bonds. The van der Waals surface area contributed by atoms with Gasteiger partial charge in [-0.05, 0) is 49.1 Å². The van der Waals surface area contributed by atoms with E-state index in [-0.39, 0.29) is 31.2 Å². The van der Waals surface area contributed by atoms with Gasteiger partial charge in [0.05, 0.1) is 28.6 Å². The van der Waals surface area contributed by atoms with Gasteiger partial charge in [0, 0.05) is 30.4 Å². The summed E-state index contributed by atoms with van der Waals surface area (Å²) in [5.41, 5.74) is 0.431. The van der Waals surface area contributed by atoms with Crippen molar-refractivity contribution in [3.05, 3.63) is 65.5 Å². The van der Waals surface area contributed by atoms with E-state index in [2.05, 4.69) is 16.2 Å². The lowest BCUT2D eigenvalue weighted by atomic mass is 9.71. The highest BCUT2D eigenvalue weighted by Crippen LogP contribution is 2.36. The number of fused-ring (bicyclic) bond motifs is 1. The van der Waals surface area contributed by atoms with E-state index in [0.29, 0.717) is 22.2 Å². The molecule has 36 heavy (non-hydrogen) atoms. The zero-order valence-corrected chi connectivity index (χ0v) is 20.3. The monoisotopic (exact) mass is 499 g/mol. The number of carboxylic acids is 1. The van der Waals surface area contributed by atoms with Crippen LogP contribution >= 0.6 is 0 Å². The Morgan fingerprint density at radius 1 is 1.14 bits per heavy atom. The molecule has 2 heterocycles. The van der Waals surface area contributed by atoms with Gasteiger partial charge in [0.25, 0.3) is 5.91 Å². The van der Waals surface area contributed by atoms with Crippen LogP contribution in [0.25, 0.3) is 11.0 Å². The first-order valence-electron chi connectivity index (χ1n) is 11.5. The summed E-state index contributed by atoms with van der Waals surface area (Å²) < 4.78 is 40.4. The lowest BCUT2D eigenvalue weighted by Crippen LogP contribution is -2.40.